The van der Waals surface area contributed by atoms with Crippen LogP contribution in [0.3, 0.4) is 0 Å². The molecule has 0 unspecified atom stereocenters. The molecular formula is C23H34O2. The van der Waals surface area contributed by atoms with Crippen LogP contribution in [0.1, 0.15) is 76.7 Å². The number of ether oxygens (including phenoxy) is 1. The molecule has 0 radical (unpaired) electrons. The summed E-state index contributed by atoms with van der Waals surface area (Å²) < 4.78 is 5.57. The van der Waals surface area contributed by atoms with Gasteiger partial charge in [-0.1, -0.05) is 63.1 Å². The van der Waals surface area contributed by atoms with Gasteiger partial charge in [-0.05, 0) is 62.5 Å². The Morgan fingerprint density at radius 1 is 0.880 bits per heavy atom. The Morgan fingerprint density at radius 2 is 1.40 bits per heavy atom. The predicted octanol–water partition coefficient (Wildman–Crippen LogP) is 6.31. The Labute approximate surface area is 153 Å². The minimum Gasteiger partial charge on any atom is -0.426 e. The van der Waals surface area contributed by atoms with Crippen molar-refractivity contribution in [3.05, 3.63) is 29.8 Å². The summed E-state index contributed by atoms with van der Waals surface area (Å²) in [5.74, 6) is 3.52. The number of benzene rings is 1. The van der Waals surface area contributed by atoms with Gasteiger partial charge >= 0.3 is 5.97 Å². The molecule has 0 saturated heterocycles. The minimum absolute atomic E-state index is 0.0245. The molecule has 0 atom stereocenters. The van der Waals surface area contributed by atoms with E-state index >= 15 is 0 Å². The number of esters is 1. The molecule has 2 heteroatoms. The van der Waals surface area contributed by atoms with Crippen LogP contribution in [-0.4, -0.2) is 5.97 Å². The molecule has 0 aromatic heterocycles. The van der Waals surface area contributed by atoms with Crippen LogP contribution in [0, 0.1) is 30.6 Å². The van der Waals surface area contributed by atoms with E-state index in [2.05, 4.69) is 6.92 Å². The van der Waals surface area contributed by atoms with E-state index in [0.29, 0.717) is 5.75 Å². The zero-order valence-electron chi connectivity index (χ0n) is 16.0. The van der Waals surface area contributed by atoms with Crippen molar-refractivity contribution in [1.29, 1.82) is 0 Å². The highest BCUT2D eigenvalue weighted by Gasteiger charge is 2.28. The lowest BCUT2D eigenvalue weighted by Gasteiger charge is -2.30. The fourth-order valence-electron chi connectivity index (χ4n) is 4.58. The van der Waals surface area contributed by atoms with E-state index in [0.717, 1.165) is 30.6 Å². The summed E-state index contributed by atoms with van der Waals surface area (Å²) in [5.41, 5.74) is 1.19. The maximum atomic E-state index is 12.4. The second kappa shape index (κ2) is 8.87. The van der Waals surface area contributed by atoms with Crippen LogP contribution in [0.15, 0.2) is 24.3 Å². The van der Waals surface area contributed by atoms with Gasteiger partial charge in [0, 0.05) is 0 Å². The monoisotopic (exact) mass is 342 g/mol. The number of rotatable bonds is 5. The first-order valence-electron chi connectivity index (χ1n) is 10.4. The van der Waals surface area contributed by atoms with Gasteiger partial charge in [0.2, 0.25) is 0 Å². The Hall–Kier alpha value is -1.31. The average molecular weight is 343 g/mol. The highest BCUT2D eigenvalue weighted by atomic mass is 16.5. The summed E-state index contributed by atoms with van der Waals surface area (Å²) in [5, 5.41) is 0. The molecule has 2 saturated carbocycles. The zero-order valence-corrected chi connectivity index (χ0v) is 16.0. The Bertz CT molecular complexity index is 532. The fourth-order valence-corrected chi connectivity index (χ4v) is 4.58. The largest absolute Gasteiger partial charge is 0.426 e. The molecule has 25 heavy (non-hydrogen) atoms. The predicted molar refractivity (Wildman–Crippen MR) is 103 cm³/mol. The van der Waals surface area contributed by atoms with Crippen molar-refractivity contribution in [2.75, 3.05) is 0 Å². The third-order valence-corrected chi connectivity index (χ3v) is 6.54. The molecule has 0 amide bonds. The number of hydrogen-bond donors (Lipinski definition) is 0. The highest BCUT2D eigenvalue weighted by molar-refractivity contribution is 5.75. The van der Waals surface area contributed by atoms with E-state index in [1.165, 1.54) is 56.9 Å². The van der Waals surface area contributed by atoms with Crippen molar-refractivity contribution in [1.82, 2.24) is 0 Å². The Morgan fingerprint density at radius 3 is 1.96 bits per heavy atom. The average Bonchev–Trinajstić information content (AvgIpc) is 2.63. The van der Waals surface area contributed by atoms with E-state index in [9.17, 15) is 4.79 Å². The maximum Gasteiger partial charge on any atom is 0.314 e. The Kier molecular flexibility index (Phi) is 6.56. The van der Waals surface area contributed by atoms with Crippen LogP contribution >= 0.6 is 0 Å². The van der Waals surface area contributed by atoms with Crippen molar-refractivity contribution in [3.63, 3.8) is 0 Å². The summed E-state index contributed by atoms with van der Waals surface area (Å²) in [6.07, 6.45) is 13.0. The summed E-state index contributed by atoms with van der Waals surface area (Å²) in [6.45, 7) is 4.44. The molecule has 2 aliphatic rings. The molecule has 2 aliphatic carbocycles. The molecule has 0 N–H and O–H groups in total. The molecule has 2 nitrogen and oxygen atoms in total. The Balaban J connectivity index is 1.36. The van der Waals surface area contributed by atoms with Crippen molar-refractivity contribution in [2.45, 2.75) is 78.1 Å². The first-order valence-corrected chi connectivity index (χ1v) is 10.4. The second-order valence-corrected chi connectivity index (χ2v) is 8.66. The van der Waals surface area contributed by atoms with Gasteiger partial charge in [-0.15, -0.1) is 0 Å². The SMILES string of the molecule is Cc1ccc(OC(=O)C2CCC(CCC3CCC(C)CC3)CC2)cc1. The molecule has 1 aromatic rings. The summed E-state index contributed by atoms with van der Waals surface area (Å²) in [4.78, 5) is 12.4. The number of aryl methyl sites for hydroxylation is 1. The second-order valence-electron chi connectivity index (χ2n) is 8.66. The van der Waals surface area contributed by atoms with E-state index in [1.807, 2.05) is 31.2 Å². The standard InChI is InChI=1S/C23H34O2/c1-17-3-7-19(8-4-17)9-10-20-11-13-21(14-12-20)23(24)25-22-15-5-18(2)6-16-22/h5-6,15-17,19-21H,3-4,7-14H2,1-2H3. The van der Waals surface area contributed by atoms with Gasteiger partial charge in [0.25, 0.3) is 0 Å². The highest BCUT2D eigenvalue weighted by Crippen LogP contribution is 2.36. The van der Waals surface area contributed by atoms with Gasteiger partial charge in [-0.3, -0.25) is 4.79 Å². The van der Waals surface area contributed by atoms with Gasteiger partial charge < -0.3 is 4.74 Å². The molecule has 0 heterocycles. The van der Waals surface area contributed by atoms with Crippen LogP contribution < -0.4 is 4.74 Å². The smallest absolute Gasteiger partial charge is 0.314 e. The number of hydrogen-bond acceptors (Lipinski definition) is 2. The lowest BCUT2D eigenvalue weighted by molar-refractivity contribution is -0.140. The number of carbonyl (C=O) groups is 1. The van der Waals surface area contributed by atoms with Crippen LogP contribution in [0.5, 0.6) is 5.75 Å². The van der Waals surface area contributed by atoms with E-state index in [4.69, 9.17) is 4.74 Å². The van der Waals surface area contributed by atoms with Crippen molar-refractivity contribution in [3.8, 4) is 5.75 Å². The molecule has 0 bridgehead atoms. The molecule has 0 spiro atoms. The third-order valence-electron chi connectivity index (χ3n) is 6.54. The summed E-state index contributed by atoms with van der Waals surface area (Å²) in [6, 6.07) is 7.77. The van der Waals surface area contributed by atoms with Gasteiger partial charge in [-0.25, -0.2) is 0 Å². The van der Waals surface area contributed by atoms with Gasteiger partial charge in [0.05, 0.1) is 5.92 Å². The molecule has 1 aromatic carbocycles. The van der Waals surface area contributed by atoms with E-state index in [1.54, 1.807) is 0 Å². The van der Waals surface area contributed by atoms with Crippen LogP contribution in [0.4, 0.5) is 0 Å². The molecule has 138 valence electrons. The molecule has 2 fully saturated rings. The topological polar surface area (TPSA) is 26.3 Å². The van der Waals surface area contributed by atoms with Gasteiger partial charge in [0.15, 0.2) is 0 Å². The lowest BCUT2D eigenvalue weighted by atomic mass is 9.76. The summed E-state index contributed by atoms with van der Waals surface area (Å²) in [7, 11) is 0. The van der Waals surface area contributed by atoms with Gasteiger partial charge in [-0.2, -0.15) is 0 Å². The van der Waals surface area contributed by atoms with Gasteiger partial charge in [0.1, 0.15) is 5.75 Å². The number of carbonyl (C=O) groups excluding carboxylic acids is 1. The minimum atomic E-state index is -0.0245. The van der Waals surface area contributed by atoms with Crippen LogP contribution in [-0.2, 0) is 4.79 Å². The van der Waals surface area contributed by atoms with E-state index in [-0.39, 0.29) is 11.9 Å². The van der Waals surface area contributed by atoms with Crippen LogP contribution in [0.25, 0.3) is 0 Å². The third kappa shape index (κ3) is 5.59. The summed E-state index contributed by atoms with van der Waals surface area (Å²) >= 11 is 0. The fraction of sp³-hybridized carbons (Fsp3) is 0.696. The quantitative estimate of drug-likeness (QED) is 0.463. The maximum absolute atomic E-state index is 12.4. The zero-order chi connectivity index (χ0) is 17.6. The molecular weight excluding hydrogens is 308 g/mol. The molecule has 0 aliphatic heterocycles. The first-order chi connectivity index (χ1) is 12.1. The first kappa shape index (κ1) is 18.5. The van der Waals surface area contributed by atoms with Crippen LogP contribution in [0.2, 0.25) is 0 Å². The normalized spacial score (nSPS) is 30.0. The van der Waals surface area contributed by atoms with Crippen molar-refractivity contribution >= 4 is 5.97 Å². The van der Waals surface area contributed by atoms with Crippen molar-refractivity contribution < 1.29 is 9.53 Å². The van der Waals surface area contributed by atoms with E-state index < -0.39 is 0 Å². The molecule has 3 rings (SSSR count). The lowest BCUT2D eigenvalue weighted by Crippen LogP contribution is -2.26. The van der Waals surface area contributed by atoms with Crippen molar-refractivity contribution in [2.24, 2.45) is 23.7 Å².